The fraction of sp³-hybridized carbons (Fsp3) is 0.333. The first-order chi connectivity index (χ1) is 10.1. The quantitative estimate of drug-likeness (QED) is 0.620. The summed E-state index contributed by atoms with van der Waals surface area (Å²) in [7, 11) is 0. The molecule has 0 spiro atoms. The van der Waals surface area contributed by atoms with Crippen molar-refractivity contribution < 1.29 is 4.79 Å². The van der Waals surface area contributed by atoms with Crippen LogP contribution in [0.4, 0.5) is 5.69 Å². The molecule has 2 heterocycles. The van der Waals surface area contributed by atoms with Crippen molar-refractivity contribution in [3.8, 4) is 0 Å². The van der Waals surface area contributed by atoms with Crippen LogP contribution in [0.15, 0.2) is 27.6 Å². The molecular formula is C15H15BrN2OS2. The third-order valence-electron chi connectivity index (χ3n) is 3.61. The minimum Gasteiger partial charge on any atom is -0.371 e. The van der Waals surface area contributed by atoms with Crippen molar-refractivity contribution in [3.63, 3.8) is 0 Å². The van der Waals surface area contributed by atoms with Crippen LogP contribution in [-0.4, -0.2) is 23.3 Å². The van der Waals surface area contributed by atoms with Gasteiger partial charge in [-0.05, 0) is 43.5 Å². The molecular weight excluding hydrogens is 368 g/mol. The summed E-state index contributed by atoms with van der Waals surface area (Å²) in [6.45, 7) is 2.16. The second-order valence-corrected chi connectivity index (χ2v) is 7.74. The first-order valence-electron chi connectivity index (χ1n) is 6.93. The van der Waals surface area contributed by atoms with E-state index in [1.807, 2.05) is 6.08 Å². The average molecular weight is 383 g/mol. The molecule has 2 fully saturated rings. The van der Waals surface area contributed by atoms with Crippen molar-refractivity contribution in [2.24, 2.45) is 0 Å². The zero-order valence-electron chi connectivity index (χ0n) is 11.4. The predicted octanol–water partition coefficient (Wildman–Crippen LogP) is 3.93. The maximum absolute atomic E-state index is 11.8. The van der Waals surface area contributed by atoms with Crippen LogP contribution in [0, 0.1) is 0 Å². The van der Waals surface area contributed by atoms with Crippen LogP contribution in [0.5, 0.6) is 0 Å². The van der Waals surface area contributed by atoms with Gasteiger partial charge in [-0.25, -0.2) is 0 Å². The van der Waals surface area contributed by atoms with Gasteiger partial charge in [-0.1, -0.05) is 39.9 Å². The summed E-state index contributed by atoms with van der Waals surface area (Å²) in [6.07, 6.45) is 5.70. The Balaban J connectivity index is 1.96. The van der Waals surface area contributed by atoms with Crippen LogP contribution in [-0.2, 0) is 4.79 Å². The number of carbonyl (C=O) groups is 1. The van der Waals surface area contributed by atoms with Gasteiger partial charge in [0, 0.05) is 28.8 Å². The number of rotatable bonds is 2. The summed E-state index contributed by atoms with van der Waals surface area (Å²) >= 11 is 9.89. The Morgan fingerprint density at radius 2 is 2.05 bits per heavy atom. The van der Waals surface area contributed by atoms with E-state index >= 15 is 0 Å². The van der Waals surface area contributed by atoms with Gasteiger partial charge in [0.05, 0.1) is 4.91 Å². The second kappa shape index (κ2) is 6.50. The second-order valence-electron chi connectivity index (χ2n) is 5.10. The topological polar surface area (TPSA) is 32.3 Å². The van der Waals surface area contributed by atoms with Crippen molar-refractivity contribution in [2.45, 2.75) is 19.3 Å². The smallest absolute Gasteiger partial charge is 0.263 e. The average Bonchev–Trinajstić information content (AvgIpc) is 2.78. The summed E-state index contributed by atoms with van der Waals surface area (Å²) in [5.74, 6) is -0.102. The Morgan fingerprint density at radius 1 is 1.29 bits per heavy atom. The number of thiocarbonyl (C=S) groups is 1. The number of benzene rings is 1. The van der Waals surface area contributed by atoms with Crippen molar-refractivity contribution in [1.82, 2.24) is 5.32 Å². The van der Waals surface area contributed by atoms with Gasteiger partial charge in [-0.3, -0.25) is 4.79 Å². The van der Waals surface area contributed by atoms with Gasteiger partial charge < -0.3 is 10.2 Å². The standard InChI is InChI=1S/C15H15BrN2OS2/c16-11-4-5-12(18-6-2-1-3-7-18)10(8-11)9-13-14(19)17-15(20)21-13/h4-5,8-9H,1-3,6-7H2,(H,17,19,20)/b13-9-. The molecule has 1 aromatic carbocycles. The molecule has 3 nitrogen and oxygen atoms in total. The molecule has 0 saturated carbocycles. The molecule has 6 heteroatoms. The zero-order valence-corrected chi connectivity index (χ0v) is 14.6. The molecule has 110 valence electrons. The highest BCUT2D eigenvalue weighted by Crippen LogP contribution is 2.32. The number of hydrogen-bond donors (Lipinski definition) is 1. The molecule has 0 aliphatic carbocycles. The molecule has 21 heavy (non-hydrogen) atoms. The van der Waals surface area contributed by atoms with E-state index in [2.05, 4.69) is 44.3 Å². The monoisotopic (exact) mass is 382 g/mol. The van der Waals surface area contributed by atoms with Crippen LogP contribution in [0.1, 0.15) is 24.8 Å². The molecule has 1 amide bonds. The molecule has 0 radical (unpaired) electrons. The van der Waals surface area contributed by atoms with E-state index in [0.717, 1.165) is 23.1 Å². The Hall–Kier alpha value is -0.850. The van der Waals surface area contributed by atoms with Crippen LogP contribution in [0.25, 0.3) is 6.08 Å². The van der Waals surface area contributed by atoms with E-state index in [1.165, 1.54) is 36.7 Å². The Labute approximate surface area is 142 Å². The fourth-order valence-electron chi connectivity index (χ4n) is 2.63. The molecule has 1 aromatic rings. The number of halogens is 1. The first kappa shape index (κ1) is 15.1. The molecule has 2 saturated heterocycles. The highest BCUT2D eigenvalue weighted by molar-refractivity contribution is 9.10. The number of anilines is 1. The van der Waals surface area contributed by atoms with E-state index in [-0.39, 0.29) is 5.91 Å². The van der Waals surface area contributed by atoms with Gasteiger partial charge in [0.1, 0.15) is 4.32 Å². The van der Waals surface area contributed by atoms with Gasteiger partial charge >= 0.3 is 0 Å². The SMILES string of the molecule is O=C1NC(=S)S/C1=C\c1cc(Br)ccc1N1CCCCC1. The summed E-state index contributed by atoms with van der Waals surface area (Å²) in [6, 6.07) is 6.24. The minimum absolute atomic E-state index is 0.102. The Morgan fingerprint density at radius 3 is 2.71 bits per heavy atom. The van der Waals surface area contributed by atoms with E-state index in [0.29, 0.717) is 9.23 Å². The van der Waals surface area contributed by atoms with Crippen LogP contribution < -0.4 is 10.2 Å². The molecule has 0 atom stereocenters. The van der Waals surface area contributed by atoms with Crippen molar-refractivity contribution in [3.05, 3.63) is 33.1 Å². The summed E-state index contributed by atoms with van der Waals surface area (Å²) in [5, 5.41) is 2.66. The maximum atomic E-state index is 11.8. The van der Waals surface area contributed by atoms with Crippen LogP contribution >= 0.6 is 39.9 Å². The molecule has 2 aliphatic rings. The molecule has 0 aromatic heterocycles. The largest absolute Gasteiger partial charge is 0.371 e. The summed E-state index contributed by atoms with van der Waals surface area (Å²) in [5.41, 5.74) is 2.25. The molecule has 0 unspecified atom stereocenters. The van der Waals surface area contributed by atoms with Crippen LogP contribution in [0.3, 0.4) is 0 Å². The van der Waals surface area contributed by atoms with Crippen LogP contribution in [0.2, 0.25) is 0 Å². The number of hydrogen-bond acceptors (Lipinski definition) is 4. The lowest BCUT2D eigenvalue weighted by atomic mass is 10.1. The summed E-state index contributed by atoms with van der Waals surface area (Å²) in [4.78, 5) is 14.9. The third kappa shape index (κ3) is 3.49. The molecule has 2 aliphatic heterocycles. The van der Waals surface area contributed by atoms with Gasteiger partial charge in [0.15, 0.2) is 0 Å². The summed E-state index contributed by atoms with van der Waals surface area (Å²) < 4.78 is 1.54. The van der Waals surface area contributed by atoms with E-state index in [4.69, 9.17) is 12.2 Å². The first-order valence-corrected chi connectivity index (χ1v) is 8.94. The van der Waals surface area contributed by atoms with Crippen molar-refractivity contribution in [2.75, 3.05) is 18.0 Å². The highest BCUT2D eigenvalue weighted by atomic mass is 79.9. The fourth-order valence-corrected chi connectivity index (χ4v) is 4.04. The van der Waals surface area contributed by atoms with Gasteiger partial charge in [0.25, 0.3) is 5.91 Å². The Bertz CT molecular complexity index is 624. The molecule has 0 bridgehead atoms. The Kier molecular flexibility index (Phi) is 4.66. The third-order valence-corrected chi connectivity index (χ3v) is 5.27. The van der Waals surface area contributed by atoms with Crippen molar-refractivity contribution in [1.29, 1.82) is 0 Å². The normalized spacial score (nSPS) is 21.0. The van der Waals surface area contributed by atoms with E-state index in [9.17, 15) is 4.79 Å². The molecule has 1 N–H and O–H groups in total. The number of nitrogens with zero attached hydrogens (tertiary/aromatic N) is 1. The van der Waals surface area contributed by atoms with Gasteiger partial charge in [0.2, 0.25) is 0 Å². The lowest BCUT2D eigenvalue weighted by molar-refractivity contribution is -0.115. The lowest BCUT2D eigenvalue weighted by Crippen LogP contribution is -2.29. The predicted molar refractivity (Wildman–Crippen MR) is 96.5 cm³/mol. The number of piperidine rings is 1. The number of amides is 1. The number of carbonyl (C=O) groups excluding carboxylic acids is 1. The zero-order chi connectivity index (χ0) is 14.8. The maximum Gasteiger partial charge on any atom is 0.263 e. The highest BCUT2D eigenvalue weighted by Gasteiger charge is 2.23. The number of nitrogens with one attached hydrogen (secondary N) is 1. The minimum atomic E-state index is -0.102. The van der Waals surface area contributed by atoms with E-state index < -0.39 is 0 Å². The molecule has 3 rings (SSSR count). The van der Waals surface area contributed by atoms with Gasteiger partial charge in [-0.2, -0.15) is 0 Å². The lowest BCUT2D eigenvalue weighted by Gasteiger charge is -2.30. The van der Waals surface area contributed by atoms with Gasteiger partial charge in [-0.15, -0.1) is 0 Å². The van der Waals surface area contributed by atoms with Crippen molar-refractivity contribution >= 4 is 61.9 Å². The van der Waals surface area contributed by atoms with E-state index in [1.54, 1.807) is 0 Å². The number of thioether (sulfide) groups is 1.